The molecular formula is C15H20N2O2. The summed E-state index contributed by atoms with van der Waals surface area (Å²) in [6, 6.07) is 9.69. The molecule has 4 heteroatoms. The lowest BCUT2D eigenvalue weighted by atomic mass is 10.1. The number of anilines is 1. The number of nitrogens with one attached hydrogen (secondary N) is 1. The van der Waals surface area contributed by atoms with Crippen molar-refractivity contribution in [1.82, 2.24) is 4.57 Å². The van der Waals surface area contributed by atoms with Gasteiger partial charge in [0.25, 0.3) is 5.56 Å². The Balaban J connectivity index is 2.38. The highest BCUT2D eigenvalue weighted by Gasteiger charge is 2.08. The molecule has 0 spiro atoms. The van der Waals surface area contributed by atoms with E-state index in [1.165, 1.54) is 0 Å². The standard InChI is InChI=1S/C15H20N2O2/c1-4-19-10-11(2)16-13-9-15(18)17(3)14-8-6-5-7-12(13)14/h5-9,11,16H,4,10H2,1-3H3. The number of para-hydroxylation sites is 1. The van der Waals surface area contributed by atoms with Crippen LogP contribution in [-0.4, -0.2) is 23.8 Å². The molecule has 19 heavy (non-hydrogen) atoms. The van der Waals surface area contributed by atoms with Crippen LogP contribution in [0.5, 0.6) is 0 Å². The molecule has 1 N–H and O–H groups in total. The third-order valence-corrected chi connectivity index (χ3v) is 3.13. The van der Waals surface area contributed by atoms with Crippen molar-refractivity contribution in [3.8, 4) is 0 Å². The van der Waals surface area contributed by atoms with E-state index < -0.39 is 0 Å². The predicted octanol–water partition coefficient (Wildman–Crippen LogP) is 2.38. The summed E-state index contributed by atoms with van der Waals surface area (Å²) >= 11 is 0. The van der Waals surface area contributed by atoms with Gasteiger partial charge in [-0.2, -0.15) is 0 Å². The molecule has 0 fully saturated rings. The quantitative estimate of drug-likeness (QED) is 0.897. The first-order valence-corrected chi connectivity index (χ1v) is 6.56. The van der Waals surface area contributed by atoms with E-state index in [2.05, 4.69) is 5.32 Å². The highest BCUT2D eigenvalue weighted by Crippen LogP contribution is 2.21. The molecule has 0 aliphatic rings. The number of aromatic nitrogens is 1. The Labute approximate surface area is 113 Å². The Bertz CT molecular complexity index is 619. The van der Waals surface area contributed by atoms with Crippen molar-refractivity contribution < 1.29 is 4.74 Å². The molecule has 1 heterocycles. The van der Waals surface area contributed by atoms with Gasteiger partial charge >= 0.3 is 0 Å². The van der Waals surface area contributed by atoms with Gasteiger partial charge in [0.15, 0.2) is 0 Å². The van der Waals surface area contributed by atoms with Gasteiger partial charge in [0.05, 0.1) is 12.1 Å². The first-order chi connectivity index (χ1) is 9.13. The van der Waals surface area contributed by atoms with Crippen LogP contribution in [0.3, 0.4) is 0 Å². The van der Waals surface area contributed by atoms with Crippen LogP contribution < -0.4 is 10.9 Å². The lowest BCUT2D eigenvalue weighted by Crippen LogP contribution is -2.24. The van der Waals surface area contributed by atoms with Gasteiger partial charge in [0, 0.05) is 36.8 Å². The van der Waals surface area contributed by atoms with Crippen LogP contribution in [0, 0.1) is 0 Å². The molecule has 2 aromatic rings. The number of ether oxygens (including phenoxy) is 1. The molecular weight excluding hydrogens is 240 g/mol. The minimum atomic E-state index is -0.00944. The van der Waals surface area contributed by atoms with E-state index >= 15 is 0 Å². The summed E-state index contributed by atoms with van der Waals surface area (Å²) in [6.07, 6.45) is 0. The maximum Gasteiger partial charge on any atom is 0.252 e. The molecule has 1 aromatic heterocycles. The molecule has 0 amide bonds. The van der Waals surface area contributed by atoms with Gasteiger partial charge in [0.2, 0.25) is 0 Å². The Morgan fingerprint density at radius 1 is 1.37 bits per heavy atom. The van der Waals surface area contributed by atoms with Crippen molar-refractivity contribution in [2.45, 2.75) is 19.9 Å². The second-order valence-electron chi connectivity index (χ2n) is 4.68. The van der Waals surface area contributed by atoms with Crippen molar-refractivity contribution in [2.24, 2.45) is 7.05 Å². The van der Waals surface area contributed by atoms with Crippen molar-refractivity contribution in [3.63, 3.8) is 0 Å². The van der Waals surface area contributed by atoms with E-state index in [4.69, 9.17) is 4.74 Å². The van der Waals surface area contributed by atoms with Gasteiger partial charge in [-0.1, -0.05) is 18.2 Å². The zero-order valence-electron chi connectivity index (χ0n) is 11.6. The number of pyridine rings is 1. The van der Waals surface area contributed by atoms with Gasteiger partial charge < -0.3 is 14.6 Å². The molecule has 0 saturated heterocycles. The van der Waals surface area contributed by atoms with Crippen molar-refractivity contribution in [1.29, 1.82) is 0 Å². The second kappa shape index (κ2) is 5.89. The van der Waals surface area contributed by atoms with Crippen LogP contribution in [0.25, 0.3) is 10.9 Å². The molecule has 2 rings (SSSR count). The fourth-order valence-electron chi connectivity index (χ4n) is 2.13. The van der Waals surface area contributed by atoms with Crippen LogP contribution in [0.2, 0.25) is 0 Å². The molecule has 0 aliphatic carbocycles. The molecule has 1 aromatic carbocycles. The fourth-order valence-corrected chi connectivity index (χ4v) is 2.13. The summed E-state index contributed by atoms with van der Waals surface area (Å²) in [6.45, 7) is 5.34. The number of nitrogens with zero attached hydrogens (tertiary/aromatic N) is 1. The lowest BCUT2D eigenvalue weighted by Gasteiger charge is -2.17. The van der Waals surface area contributed by atoms with Crippen LogP contribution in [0.4, 0.5) is 5.69 Å². The first-order valence-electron chi connectivity index (χ1n) is 6.56. The van der Waals surface area contributed by atoms with E-state index in [1.54, 1.807) is 17.7 Å². The number of aryl methyl sites for hydroxylation is 1. The Morgan fingerprint density at radius 3 is 2.84 bits per heavy atom. The Morgan fingerprint density at radius 2 is 2.11 bits per heavy atom. The average molecular weight is 260 g/mol. The number of hydrogen-bond acceptors (Lipinski definition) is 3. The highest BCUT2D eigenvalue weighted by molar-refractivity contribution is 5.91. The molecule has 0 bridgehead atoms. The van der Waals surface area contributed by atoms with Gasteiger partial charge in [-0.05, 0) is 19.9 Å². The molecule has 4 nitrogen and oxygen atoms in total. The Hall–Kier alpha value is -1.81. The zero-order valence-corrected chi connectivity index (χ0v) is 11.6. The van der Waals surface area contributed by atoms with E-state index in [-0.39, 0.29) is 11.6 Å². The van der Waals surface area contributed by atoms with E-state index in [9.17, 15) is 4.79 Å². The largest absolute Gasteiger partial charge is 0.380 e. The molecule has 1 atom stereocenters. The summed E-state index contributed by atoms with van der Waals surface area (Å²) in [7, 11) is 1.79. The molecule has 102 valence electrons. The lowest BCUT2D eigenvalue weighted by molar-refractivity contribution is 0.141. The van der Waals surface area contributed by atoms with Crippen molar-refractivity contribution in [3.05, 3.63) is 40.7 Å². The summed E-state index contributed by atoms with van der Waals surface area (Å²) in [5, 5.41) is 4.40. The maximum atomic E-state index is 11.9. The third-order valence-electron chi connectivity index (χ3n) is 3.13. The number of hydrogen-bond donors (Lipinski definition) is 1. The minimum Gasteiger partial charge on any atom is -0.380 e. The summed E-state index contributed by atoms with van der Waals surface area (Å²) in [4.78, 5) is 11.9. The normalized spacial score (nSPS) is 12.6. The van der Waals surface area contributed by atoms with Crippen molar-refractivity contribution in [2.75, 3.05) is 18.5 Å². The first kappa shape index (κ1) is 13.6. The van der Waals surface area contributed by atoms with Gasteiger partial charge in [-0.3, -0.25) is 4.79 Å². The average Bonchev–Trinajstić information content (AvgIpc) is 2.42. The number of fused-ring (bicyclic) bond motifs is 1. The third kappa shape index (κ3) is 2.96. The molecule has 1 unspecified atom stereocenters. The molecule has 0 aliphatic heterocycles. The van der Waals surface area contributed by atoms with E-state index in [0.717, 1.165) is 16.6 Å². The van der Waals surface area contributed by atoms with Crippen molar-refractivity contribution >= 4 is 16.6 Å². The van der Waals surface area contributed by atoms with Gasteiger partial charge in [-0.15, -0.1) is 0 Å². The summed E-state index contributed by atoms with van der Waals surface area (Å²) in [5.41, 5.74) is 1.79. The van der Waals surface area contributed by atoms with Crippen LogP contribution in [-0.2, 0) is 11.8 Å². The van der Waals surface area contributed by atoms with Gasteiger partial charge in [-0.25, -0.2) is 0 Å². The fraction of sp³-hybridized carbons (Fsp3) is 0.400. The molecule has 0 radical (unpaired) electrons. The van der Waals surface area contributed by atoms with Crippen LogP contribution >= 0.6 is 0 Å². The van der Waals surface area contributed by atoms with E-state index in [1.807, 2.05) is 38.1 Å². The van der Waals surface area contributed by atoms with Crippen LogP contribution in [0.1, 0.15) is 13.8 Å². The van der Waals surface area contributed by atoms with E-state index in [0.29, 0.717) is 13.2 Å². The number of benzene rings is 1. The second-order valence-corrected chi connectivity index (χ2v) is 4.68. The predicted molar refractivity (Wildman–Crippen MR) is 78.8 cm³/mol. The molecule has 0 saturated carbocycles. The monoisotopic (exact) mass is 260 g/mol. The van der Waals surface area contributed by atoms with Crippen LogP contribution in [0.15, 0.2) is 35.1 Å². The maximum absolute atomic E-state index is 11.9. The number of rotatable bonds is 5. The summed E-state index contributed by atoms with van der Waals surface area (Å²) < 4.78 is 7.05. The summed E-state index contributed by atoms with van der Waals surface area (Å²) in [5.74, 6) is 0. The minimum absolute atomic E-state index is 0.00944. The van der Waals surface area contributed by atoms with Gasteiger partial charge in [0.1, 0.15) is 0 Å². The smallest absolute Gasteiger partial charge is 0.252 e. The Kier molecular flexibility index (Phi) is 4.22. The zero-order chi connectivity index (χ0) is 13.8. The highest BCUT2D eigenvalue weighted by atomic mass is 16.5. The SMILES string of the molecule is CCOCC(C)Nc1cc(=O)n(C)c2ccccc12. The topological polar surface area (TPSA) is 43.3 Å².